The molecule has 3 aromatic carbocycles. The van der Waals surface area contributed by atoms with E-state index in [1.807, 2.05) is 54.6 Å². The zero-order valence-corrected chi connectivity index (χ0v) is 28.6. The van der Waals surface area contributed by atoms with Crippen LogP contribution in [0.25, 0.3) is 20.5 Å². The number of ketones is 1. The first kappa shape index (κ1) is 33.1. The van der Waals surface area contributed by atoms with Crippen molar-refractivity contribution in [2.75, 3.05) is 37.8 Å². The molecule has 48 heavy (non-hydrogen) atoms. The Morgan fingerprint density at radius 2 is 1.46 bits per heavy atom. The highest BCUT2D eigenvalue weighted by atomic mass is 32.1. The molecule has 1 aromatic heterocycles. The number of carbonyl (C=O) groups excluding carboxylic acids is 1. The average molecular weight is 670 g/mol. The van der Waals surface area contributed by atoms with Gasteiger partial charge in [0.05, 0.1) is 13.2 Å². The summed E-state index contributed by atoms with van der Waals surface area (Å²) < 4.78 is 24.9. The van der Waals surface area contributed by atoms with Gasteiger partial charge in [0, 0.05) is 64.3 Å². The van der Waals surface area contributed by atoms with Crippen LogP contribution in [0.1, 0.15) is 86.6 Å². The molecule has 254 valence electrons. The maximum absolute atomic E-state index is 14.4. The second kappa shape index (κ2) is 15.9. The molecule has 2 atom stereocenters. The zero-order valence-electron chi connectivity index (χ0n) is 27.7. The number of fused-ring (bicyclic) bond motifs is 1. The van der Waals surface area contributed by atoms with Gasteiger partial charge < -0.3 is 29.0 Å². The number of nitrogens with zero attached hydrogens (tertiary/aromatic N) is 1. The molecule has 4 heterocycles. The van der Waals surface area contributed by atoms with Crippen LogP contribution < -0.4 is 14.4 Å². The molecule has 2 unspecified atom stereocenters. The number of hydrogen-bond donors (Lipinski definition) is 1. The van der Waals surface area contributed by atoms with E-state index in [4.69, 9.17) is 24.1 Å². The Morgan fingerprint density at radius 3 is 2.10 bits per heavy atom. The molecule has 3 aliphatic rings. The number of thiophene rings is 1. The summed E-state index contributed by atoms with van der Waals surface area (Å²) in [5, 5.41) is 10.0. The topological polar surface area (TPSA) is 77.5 Å². The van der Waals surface area contributed by atoms with Crippen molar-refractivity contribution in [2.45, 2.75) is 83.2 Å². The molecule has 3 fully saturated rings. The minimum Gasteiger partial charge on any atom is -0.465 e. The van der Waals surface area contributed by atoms with Gasteiger partial charge in [0.15, 0.2) is 18.4 Å². The Kier molecular flexibility index (Phi) is 10.9. The molecule has 4 aromatic rings. The van der Waals surface area contributed by atoms with Gasteiger partial charge in [-0.15, -0.1) is 11.3 Å². The quantitative estimate of drug-likeness (QED) is 0.119. The molecule has 0 radical (unpaired) electrons. The molecule has 3 saturated heterocycles. The Bertz CT molecular complexity index is 1630. The summed E-state index contributed by atoms with van der Waals surface area (Å²) in [4.78, 5) is 17.8. The van der Waals surface area contributed by atoms with E-state index < -0.39 is 0 Å². The van der Waals surface area contributed by atoms with Gasteiger partial charge in [-0.1, -0.05) is 12.8 Å². The van der Waals surface area contributed by atoms with Crippen LogP contribution in [0.4, 0.5) is 5.69 Å². The first-order valence-electron chi connectivity index (χ1n) is 17.9. The van der Waals surface area contributed by atoms with E-state index in [0.717, 1.165) is 121 Å². The molecule has 0 aliphatic carbocycles. The lowest BCUT2D eigenvalue weighted by atomic mass is 9.91. The lowest BCUT2D eigenvalue weighted by molar-refractivity contribution is -0.106. The fourth-order valence-corrected chi connectivity index (χ4v) is 8.40. The third-order valence-corrected chi connectivity index (χ3v) is 11.1. The van der Waals surface area contributed by atoms with Gasteiger partial charge in [-0.2, -0.15) is 0 Å². The minimum atomic E-state index is -0.229. The summed E-state index contributed by atoms with van der Waals surface area (Å²) in [5.41, 5.74) is 3.55. The van der Waals surface area contributed by atoms with Crippen molar-refractivity contribution in [3.63, 3.8) is 0 Å². The number of benzene rings is 3. The largest absolute Gasteiger partial charge is 0.465 e. The molecule has 0 spiro atoms. The molecule has 0 amide bonds. The Morgan fingerprint density at radius 1 is 0.792 bits per heavy atom. The number of aliphatic hydroxyl groups excluding tert-OH is 1. The van der Waals surface area contributed by atoms with Gasteiger partial charge in [-0.3, -0.25) is 4.79 Å². The molecule has 1 N–H and O–H groups in total. The van der Waals surface area contributed by atoms with Crippen LogP contribution >= 0.6 is 11.3 Å². The maximum atomic E-state index is 14.4. The normalized spacial score (nSPS) is 20.6. The summed E-state index contributed by atoms with van der Waals surface area (Å²) in [6, 6.07) is 22.3. The molecule has 0 bridgehead atoms. The lowest BCUT2D eigenvalue weighted by Crippen LogP contribution is -2.33. The van der Waals surface area contributed by atoms with Crippen molar-refractivity contribution in [1.82, 2.24) is 0 Å². The summed E-state index contributed by atoms with van der Waals surface area (Å²) in [5.74, 6) is 2.29. The summed E-state index contributed by atoms with van der Waals surface area (Å²) >= 11 is 1.62. The smallest absolute Gasteiger partial charge is 0.199 e. The molecule has 7 nitrogen and oxygen atoms in total. The number of carbonyl (C=O) groups is 1. The Hall–Kier alpha value is -3.43. The van der Waals surface area contributed by atoms with Gasteiger partial charge in [0.1, 0.15) is 11.5 Å². The highest BCUT2D eigenvalue weighted by Gasteiger charge is 2.25. The molecule has 3 aliphatic heterocycles. The van der Waals surface area contributed by atoms with Crippen LogP contribution in [-0.2, 0) is 9.47 Å². The minimum absolute atomic E-state index is 0.0191. The number of rotatable bonds is 12. The van der Waals surface area contributed by atoms with Gasteiger partial charge in [-0.05, 0) is 123 Å². The van der Waals surface area contributed by atoms with Crippen molar-refractivity contribution in [3.05, 3.63) is 77.9 Å². The van der Waals surface area contributed by atoms with Crippen molar-refractivity contribution < 1.29 is 28.8 Å². The van der Waals surface area contributed by atoms with Crippen LogP contribution in [0.2, 0.25) is 0 Å². The summed E-state index contributed by atoms with van der Waals surface area (Å²) in [6.07, 6.45) is 11.3. The third-order valence-electron chi connectivity index (χ3n) is 9.95. The molecular weight excluding hydrogens is 623 g/mol. The highest BCUT2D eigenvalue weighted by molar-refractivity contribution is 7.22. The fraction of sp³-hybridized carbons (Fsp3) is 0.475. The molecular formula is C40H47NO6S. The van der Waals surface area contributed by atoms with Crippen LogP contribution in [0, 0.1) is 5.92 Å². The number of unbranched alkanes of at least 4 members (excludes halogenated alkanes) is 1. The van der Waals surface area contributed by atoms with Gasteiger partial charge >= 0.3 is 0 Å². The summed E-state index contributed by atoms with van der Waals surface area (Å²) in [7, 11) is 0. The lowest BCUT2D eigenvalue weighted by Gasteiger charge is -2.33. The number of hydrogen-bond acceptors (Lipinski definition) is 8. The SMILES string of the molecule is O=C(c1ccc(N2CCC(CCCCO)CC2)cc1)c1c(-c2ccc(OC3CCCCO3)cc2)sc2cc(OC3CCCCO3)ccc12. The summed E-state index contributed by atoms with van der Waals surface area (Å²) in [6.45, 7) is 3.80. The molecule has 8 heteroatoms. The van der Waals surface area contributed by atoms with E-state index in [9.17, 15) is 4.79 Å². The monoisotopic (exact) mass is 669 g/mol. The number of anilines is 1. The highest BCUT2D eigenvalue weighted by Crippen LogP contribution is 2.42. The molecule has 0 saturated carbocycles. The van der Waals surface area contributed by atoms with Gasteiger partial charge in [-0.25, -0.2) is 0 Å². The molecule has 7 rings (SSSR count). The zero-order chi connectivity index (χ0) is 32.7. The maximum Gasteiger partial charge on any atom is 0.199 e. The first-order valence-corrected chi connectivity index (χ1v) is 18.7. The third kappa shape index (κ3) is 7.89. The Labute approximate surface area is 287 Å². The van der Waals surface area contributed by atoms with E-state index in [1.54, 1.807) is 11.3 Å². The van der Waals surface area contributed by atoms with E-state index in [2.05, 4.69) is 17.0 Å². The van der Waals surface area contributed by atoms with Crippen LogP contribution in [-0.4, -0.2) is 56.4 Å². The van der Waals surface area contributed by atoms with E-state index in [1.165, 1.54) is 24.9 Å². The number of aliphatic hydroxyl groups is 1. The predicted molar refractivity (Wildman–Crippen MR) is 191 cm³/mol. The first-order chi connectivity index (χ1) is 23.6. The van der Waals surface area contributed by atoms with Crippen molar-refractivity contribution >= 4 is 32.9 Å². The average Bonchev–Trinajstić information content (AvgIpc) is 3.52. The van der Waals surface area contributed by atoms with Crippen LogP contribution in [0.3, 0.4) is 0 Å². The van der Waals surface area contributed by atoms with Crippen LogP contribution in [0.5, 0.6) is 11.5 Å². The van der Waals surface area contributed by atoms with Crippen molar-refractivity contribution in [3.8, 4) is 21.9 Å². The van der Waals surface area contributed by atoms with Gasteiger partial charge in [0.25, 0.3) is 0 Å². The fourth-order valence-electron chi connectivity index (χ4n) is 7.17. The van der Waals surface area contributed by atoms with Crippen LogP contribution in [0.15, 0.2) is 66.7 Å². The number of piperidine rings is 1. The second-order valence-electron chi connectivity index (χ2n) is 13.3. The predicted octanol–water partition coefficient (Wildman–Crippen LogP) is 8.99. The number of ether oxygens (including phenoxy) is 4. The van der Waals surface area contributed by atoms with E-state index >= 15 is 0 Å². The Balaban J connectivity index is 1.13. The van der Waals surface area contributed by atoms with Crippen molar-refractivity contribution in [1.29, 1.82) is 0 Å². The second-order valence-corrected chi connectivity index (χ2v) is 14.4. The van der Waals surface area contributed by atoms with E-state index in [0.29, 0.717) is 5.56 Å². The standard InChI is InChI=1S/C40H47NO6S/c42-24-4-1-7-28-20-22-41(23-21-28)31-14-10-29(11-15-31)39(43)38-34-19-18-33(47-37-9-3-6-26-45-37)27-35(34)48-40(38)30-12-16-32(17-13-30)46-36-8-2-5-25-44-36/h10-19,27-28,36-37,42H,1-9,20-26H2. The van der Waals surface area contributed by atoms with Gasteiger partial charge in [0.2, 0.25) is 0 Å². The van der Waals surface area contributed by atoms with E-state index in [-0.39, 0.29) is 25.0 Å². The van der Waals surface area contributed by atoms with Crippen molar-refractivity contribution in [2.24, 2.45) is 5.92 Å².